The Balaban J connectivity index is 1.59. The van der Waals surface area contributed by atoms with Gasteiger partial charge in [0.1, 0.15) is 22.2 Å². The van der Waals surface area contributed by atoms with E-state index in [1.54, 1.807) is 25.5 Å². The van der Waals surface area contributed by atoms with Gasteiger partial charge >= 0.3 is 0 Å². The summed E-state index contributed by atoms with van der Waals surface area (Å²) in [6, 6.07) is 9.16. The van der Waals surface area contributed by atoms with Gasteiger partial charge in [-0.25, -0.2) is 4.98 Å². The van der Waals surface area contributed by atoms with E-state index < -0.39 is 0 Å². The molecule has 1 N–H and O–H groups in total. The first kappa shape index (κ1) is 18.7. The molecule has 0 bridgehead atoms. The Morgan fingerprint density at radius 2 is 2.18 bits per heavy atom. The minimum atomic E-state index is -0.165. The number of nitrogens with zero attached hydrogens (tertiary/aromatic N) is 2. The van der Waals surface area contributed by atoms with Crippen LogP contribution in [0, 0.1) is 0 Å². The first-order chi connectivity index (χ1) is 13.5. The van der Waals surface area contributed by atoms with Gasteiger partial charge in [0.2, 0.25) is 0 Å². The fourth-order valence-corrected chi connectivity index (χ4v) is 4.30. The second-order valence-corrected chi connectivity index (χ2v) is 7.74. The quantitative estimate of drug-likeness (QED) is 0.500. The molecule has 28 heavy (non-hydrogen) atoms. The number of rotatable bonds is 6. The molecule has 0 amide bonds. The van der Waals surface area contributed by atoms with Crippen LogP contribution in [0.1, 0.15) is 11.4 Å². The molecule has 4 aromatic rings. The highest BCUT2D eigenvalue weighted by Crippen LogP contribution is 2.31. The molecular weight excluding hydrogens is 398 g/mol. The van der Waals surface area contributed by atoms with E-state index in [0.717, 1.165) is 16.9 Å². The molecule has 0 aliphatic heterocycles. The zero-order chi connectivity index (χ0) is 19.7. The Labute approximate surface area is 170 Å². The first-order valence-electron chi connectivity index (χ1n) is 8.60. The summed E-state index contributed by atoms with van der Waals surface area (Å²) in [5.41, 5.74) is 1.57. The maximum absolute atomic E-state index is 12.7. The lowest BCUT2D eigenvalue weighted by molar-refractivity contribution is 0.303. The molecule has 0 saturated carbocycles. The van der Waals surface area contributed by atoms with Crippen LogP contribution in [0.15, 0.2) is 51.2 Å². The summed E-state index contributed by atoms with van der Waals surface area (Å²) in [6.07, 6.45) is 1.59. The number of aromatic amines is 1. The van der Waals surface area contributed by atoms with Gasteiger partial charge in [0.05, 0.1) is 25.3 Å². The summed E-state index contributed by atoms with van der Waals surface area (Å²) >= 11 is 7.54. The highest BCUT2D eigenvalue weighted by atomic mass is 35.5. The van der Waals surface area contributed by atoms with Crippen molar-refractivity contribution in [1.82, 2.24) is 14.9 Å². The third-order valence-electron chi connectivity index (χ3n) is 4.38. The second kappa shape index (κ2) is 7.79. The van der Waals surface area contributed by atoms with Crippen molar-refractivity contribution in [2.45, 2.75) is 13.1 Å². The van der Waals surface area contributed by atoms with E-state index >= 15 is 0 Å². The summed E-state index contributed by atoms with van der Waals surface area (Å²) in [7, 11) is 3.58. The number of H-pyrrole nitrogens is 1. The normalized spacial score (nSPS) is 11.4. The molecule has 144 valence electrons. The largest absolute Gasteiger partial charge is 0.496 e. The summed E-state index contributed by atoms with van der Waals surface area (Å²) < 4.78 is 10.8. The fourth-order valence-electron chi connectivity index (χ4n) is 3.15. The molecule has 6 nitrogen and oxygen atoms in total. The van der Waals surface area contributed by atoms with Crippen LogP contribution < -0.4 is 10.3 Å². The van der Waals surface area contributed by atoms with Crippen molar-refractivity contribution >= 4 is 33.2 Å². The summed E-state index contributed by atoms with van der Waals surface area (Å²) in [5, 5.41) is 3.11. The van der Waals surface area contributed by atoms with Gasteiger partial charge in [0, 0.05) is 28.1 Å². The van der Waals surface area contributed by atoms with Crippen molar-refractivity contribution in [3.63, 3.8) is 0 Å². The van der Waals surface area contributed by atoms with Crippen molar-refractivity contribution in [3.05, 3.63) is 68.7 Å². The lowest BCUT2D eigenvalue weighted by Crippen LogP contribution is -2.22. The Morgan fingerprint density at radius 1 is 1.32 bits per heavy atom. The van der Waals surface area contributed by atoms with Gasteiger partial charge in [0.25, 0.3) is 5.56 Å². The van der Waals surface area contributed by atoms with E-state index in [2.05, 4.69) is 9.97 Å². The number of halogens is 1. The van der Waals surface area contributed by atoms with E-state index in [0.29, 0.717) is 39.9 Å². The Hall–Kier alpha value is -2.61. The van der Waals surface area contributed by atoms with Gasteiger partial charge in [-0.15, -0.1) is 11.3 Å². The second-order valence-electron chi connectivity index (χ2n) is 6.45. The molecule has 4 rings (SSSR count). The number of methoxy groups -OCH3 is 1. The van der Waals surface area contributed by atoms with E-state index in [9.17, 15) is 4.79 Å². The van der Waals surface area contributed by atoms with Gasteiger partial charge in [-0.05, 0) is 37.4 Å². The minimum absolute atomic E-state index is 0.165. The molecule has 0 radical (unpaired) electrons. The van der Waals surface area contributed by atoms with Crippen molar-refractivity contribution in [2.24, 2.45) is 0 Å². The number of ether oxygens (including phenoxy) is 1. The van der Waals surface area contributed by atoms with Crippen LogP contribution >= 0.6 is 22.9 Å². The molecule has 1 aromatic carbocycles. The predicted molar refractivity (Wildman–Crippen MR) is 111 cm³/mol. The number of aromatic nitrogens is 2. The highest BCUT2D eigenvalue weighted by molar-refractivity contribution is 7.17. The predicted octanol–water partition coefficient (Wildman–Crippen LogP) is 4.54. The number of benzene rings is 1. The molecule has 3 aromatic heterocycles. The van der Waals surface area contributed by atoms with Crippen molar-refractivity contribution in [1.29, 1.82) is 0 Å². The van der Waals surface area contributed by atoms with Crippen LogP contribution in [0.3, 0.4) is 0 Å². The third kappa shape index (κ3) is 3.69. The summed E-state index contributed by atoms with van der Waals surface area (Å²) in [6.45, 7) is 1.09. The van der Waals surface area contributed by atoms with Crippen LogP contribution in [-0.2, 0) is 13.1 Å². The number of nitrogens with one attached hydrogen (secondary N) is 1. The molecule has 0 unspecified atom stereocenters. The van der Waals surface area contributed by atoms with Crippen LogP contribution in [0.25, 0.3) is 21.5 Å². The van der Waals surface area contributed by atoms with Crippen molar-refractivity contribution in [3.8, 4) is 17.1 Å². The maximum atomic E-state index is 12.7. The summed E-state index contributed by atoms with van der Waals surface area (Å²) in [4.78, 5) is 22.9. The first-order valence-corrected chi connectivity index (χ1v) is 9.86. The standard InChI is InChI=1S/C20H18ClN3O3S/c1-24(9-12-8-13(21)5-6-15(12)26-2)10-17-22-19(25)18-14(11-28-20(18)23-17)16-4-3-7-27-16/h3-8,11H,9-10H2,1-2H3,(H,22,23,25). The van der Waals surface area contributed by atoms with Gasteiger partial charge in [-0.1, -0.05) is 11.6 Å². The van der Waals surface area contributed by atoms with E-state index in [4.69, 9.17) is 20.8 Å². The lowest BCUT2D eigenvalue weighted by Gasteiger charge is -2.18. The molecular formula is C20H18ClN3O3S. The Morgan fingerprint density at radius 3 is 2.93 bits per heavy atom. The van der Waals surface area contributed by atoms with Crippen LogP contribution in [0.4, 0.5) is 0 Å². The number of fused-ring (bicyclic) bond motifs is 1. The lowest BCUT2D eigenvalue weighted by atomic mass is 10.2. The highest BCUT2D eigenvalue weighted by Gasteiger charge is 2.16. The van der Waals surface area contributed by atoms with Crippen LogP contribution in [0.5, 0.6) is 5.75 Å². The van der Waals surface area contributed by atoms with Gasteiger partial charge in [-0.3, -0.25) is 9.69 Å². The van der Waals surface area contributed by atoms with Crippen molar-refractivity contribution in [2.75, 3.05) is 14.2 Å². The topological polar surface area (TPSA) is 71.4 Å². The molecule has 0 spiro atoms. The van der Waals surface area contributed by atoms with Gasteiger partial charge in [0.15, 0.2) is 0 Å². The molecule has 0 aliphatic carbocycles. The van der Waals surface area contributed by atoms with Crippen LogP contribution in [0.2, 0.25) is 5.02 Å². The number of hydrogen-bond acceptors (Lipinski definition) is 6. The van der Waals surface area contributed by atoms with Gasteiger partial charge in [-0.2, -0.15) is 0 Å². The average molecular weight is 416 g/mol. The van der Waals surface area contributed by atoms with E-state index in [-0.39, 0.29) is 5.56 Å². The monoisotopic (exact) mass is 415 g/mol. The maximum Gasteiger partial charge on any atom is 0.260 e. The Bertz CT molecular complexity index is 1170. The Kier molecular flexibility index (Phi) is 5.21. The average Bonchev–Trinajstić information content (AvgIpc) is 3.31. The molecule has 0 atom stereocenters. The molecule has 0 aliphatic rings. The van der Waals surface area contributed by atoms with Crippen LogP contribution in [-0.4, -0.2) is 29.0 Å². The number of furan rings is 1. The molecule has 0 saturated heterocycles. The smallest absolute Gasteiger partial charge is 0.260 e. The third-order valence-corrected chi connectivity index (χ3v) is 5.49. The van der Waals surface area contributed by atoms with E-state index in [1.807, 2.05) is 35.5 Å². The minimum Gasteiger partial charge on any atom is -0.496 e. The van der Waals surface area contributed by atoms with E-state index in [1.165, 1.54) is 11.3 Å². The number of hydrogen-bond donors (Lipinski definition) is 1. The van der Waals surface area contributed by atoms with Crippen molar-refractivity contribution < 1.29 is 9.15 Å². The SMILES string of the molecule is COc1ccc(Cl)cc1CN(C)Cc1nc2scc(-c3ccco3)c2c(=O)[nH]1. The molecule has 3 heterocycles. The zero-order valence-corrected chi connectivity index (χ0v) is 16.9. The fraction of sp³-hybridized carbons (Fsp3) is 0.200. The molecule has 0 fully saturated rings. The number of thiophene rings is 1. The van der Waals surface area contributed by atoms with Gasteiger partial charge < -0.3 is 14.1 Å². The summed E-state index contributed by atoms with van der Waals surface area (Å²) in [5.74, 6) is 2.04. The molecule has 8 heteroatoms. The zero-order valence-electron chi connectivity index (χ0n) is 15.4.